The van der Waals surface area contributed by atoms with Crippen LogP contribution in [0.2, 0.25) is 0 Å². The van der Waals surface area contributed by atoms with Gasteiger partial charge in [0.2, 0.25) is 11.6 Å². The fourth-order valence-corrected chi connectivity index (χ4v) is 12.1. The van der Waals surface area contributed by atoms with Crippen LogP contribution in [-0.4, -0.2) is 60.8 Å². The van der Waals surface area contributed by atoms with Gasteiger partial charge in [-0.3, -0.25) is 0 Å². The first-order chi connectivity index (χ1) is 25.0. The van der Waals surface area contributed by atoms with E-state index >= 15 is 0 Å². The maximum Gasteiger partial charge on any atom is 0.201 e. The van der Waals surface area contributed by atoms with Gasteiger partial charge in [0, 0.05) is 37.9 Å². The Balaban J connectivity index is 0.734. The van der Waals surface area contributed by atoms with E-state index < -0.39 is 35.4 Å². The van der Waals surface area contributed by atoms with Gasteiger partial charge in [0.05, 0.1) is 25.4 Å². The summed E-state index contributed by atoms with van der Waals surface area (Å²) in [5, 5.41) is 0. The Bertz CT molecular complexity index is 1320. The molecule has 2 saturated carbocycles. The van der Waals surface area contributed by atoms with Crippen LogP contribution in [0.1, 0.15) is 117 Å². The molecule has 0 unspecified atom stereocenters. The highest BCUT2D eigenvalue weighted by Gasteiger charge is 2.70. The van der Waals surface area contributed by atoms with Crippen LogP contribution in [0.5, 0.6) is 0 Å². The molecule has 0 N–H and O–H groups in total. The van der Waals surface area contributed by atoms with Crippen molar-refractivity contribution >= 4 is 0 Å². The van der Waals surface area contributed by atoms with Crippen LogP contribution in [0.4, 0.5) is 0 Å². The lowest BCUT2D eigenvalue weighted by atomic mass is 9.57. The van der Waals surface area contributed by atoms with E-state index in [-0.39, 0.29) is 12.2 Å². The molecule has 8 aliphatic heterocycles. The molecule has 1 aromatic rings. The van der Waals surface area contributed by atoms with Gasteiger partial charge in [-0.15, -0.1) is 0 Å². The van der Waals surface area contributed by atoms with Crippen molar-refractivity contribution in [3.8, 4) is 0 Å². The zero-order valence-electron chi connectivity index (χ0n) is 32.2. The van der Waals surface area contributed by atoms with Gasteiger partial charge in [0.1, 0.15) is 0 Å². The van der Waals surface area contributed by atoms with Crippen molar-refractivity contribution in [3.63, 3.8) is 0 Å². The molecule has 16 atom stereocenters. The van der Waals surface area contributed by atoms with Crippen LogP contribution in [0.25, 0.3) is 0 Å². The molecule has 2 aliphatic carbocycles. The maximum atomic E-state index is 6.74. The summed E-state index contributed by atoms with van der Waals surface area (Å²) in [6, 6.07) is 8.58. The number of hydrogen-bond donors (Lipinski definition) is 0. The van der Waals surface area contributed by atoms with Gasteiger partial charge in [-0.05, 0) is 112 Å². The summed E-state index contributed by atoms with van der Waals surface area (Å²) in [4.78, 5) is 24.5. The molecule has 52 heavy (non-hydrogen) atoms. The fourth-order valence-electron chi connectivity index (χ4n) is 12.1. The van der Waals surface area contributed by atoms with Crippen molar-refractivity contribution in [2.45, 2.75) is 167 Å². The van der Waals surface area contributed by atoms with Gasteiger partial charge < -0.3 is 28.4 Å². The van der Waals surface area contributed by atoms with Crippen molar-refractivity contribution in [1.29, 1.82) is 0 Å². The Labute approximate surface area is 310 Å². The van der Waals surface area contributed by atoms with Crippen LogP contribution in [0.3, 0.4) is 0 Å². The average molecular weight is 727 g/mol. The fraction of sp³-hybridized carbons (Fsp3) is 0.857. The van der Waals surface area contributed by atoms with Gasteiger partial charge >= 0.3 is 0 Å². The molecular weight excluding hydrogens is 664 g/mol. The third-order valence-corrected chi connectivity index (χ3v) is 15.2. The molecule has 1 aromatic carbocycles. The first-order valence-corrected chi connectivity index (χ1v) is 20.7. The Morgan fingerprint density at radius 2 is 0.981 bits per heavy atom. The van der Waals surface area contributed by atoms with E-state index in [9.17, 15) is 0 Å². The molecule has 0 aromatic heterocycles. The standard InChI is InChI=1S/C42H62O10/c1-25-7-13-33-27(3)35(45-37-41(33)31(25)15-19-39(5,47-37)49-51-41)17-21-43-23-29-9-11-30(12-10-29)24-44-22-18-36-28(4)34-14-8-26(2)32-16-20-40(6)48-38(46-36)42(32,34)52-50-40/h9-12,25-28,31-38H,7-8,13-24H2,1-6H3/t25-,26-,27-,28-,31+,32+,33+,34+,35-,36-,37-,38-,39+,40+,41-,42-/m1/s1. The lowest BCUT2D eigenvalue weighted by Crippen LogP contribution is -2.70. The van der Waals surface area contributed by atoms with Crippen LogP contribution in [0, 0.1) is 47.3 Å². The van der Waals surface area contributed by atoms with Crippen molar-refractivity contribution in [3.05, 3.63) is 35.4 Å². The van der Waals surface area contributed by atoms with Crippen molar-refractivity contribution in [2.24, 2.45) is 47.3 Å². The molecule has 10 heteroatoms. The third kappa shape index (κ3) is 5.96. The Morgan fingerprint density at radius 3 is 1.40 bits per heavy atom. The summed E-state index contributed by atoms with van der Waals surface area (Å²) in [6.07, 6.45) is 9.44. The Kier molecular flexibility index (Phi) is 9.66. The first kappa shape index (κ1) is 36.5. The highest BCUT2D eigenvalue weighted by atomic mass is 17.3. The van der Waals surface area contributed by atoms with E-state index in [4.69, 9.17) is 48.0 Å². The first-order valence-electron chi connectivity index (χ1n) is 20.7. The zero-order chi connectivity index (χ0) is 35.9. The highest BCUT2D eigenvalue weighted by Crippen LogP contribution is 2.62. The molecule has 2 spiro atoms. The number of fused-ring (bicyclic) bond motifs is 4. The van der Waals surface area contributed by atoms with Crippen LogP contribution < -0.4 is 0 Å². The van der Waals surface area contributed by atoms with Crippen molar-refractivity contribution in [1.82, 2.24) is 0 Å². The minimum absolute atomic E-state index is 0.0626. The topological polar surface area (TPSA) is 92.3 Å². The molecule has 8 heterocycles. The van der Waals surface area contributed by atoms with E-state index in [1.807, 2.05) is 13.8 Å². The summed E-state index contributed by atoms with van der Waals surface area (Å²) < 4.78 is 38.9. The lowest BCUT2D eigenvalue weighted by Gasteiger charge is -2.60. The molecular formula is C42H62O10. The molecule has 4 bridgehead atoms. The monoisotopic (exact) mass is 726 g/mol. The quantitative estimate of drug-likeness (QED) is 0.175. The summed E-state index contributed by atoms with van der Waals surface area (Å²) in [6.45, 7) is 15.7. The molecule has 10 fully saturated rings. The number of rotatable bonds is 10. The van der Waals surface area contributed by atoms with E-state index in [2.05, 4.69) is 52.0 Å². The lowest BCUT2D eigenvalue weighted by molar-refractivity contribution is -0.571. The molecule has 0 amide bonds. The van der Waals surface area contributed by atoms with Crippen LogP contribution >= 0.6 is 0 Å². The summed E-state index contributed by atoms with van der Waals surface area (Å²) in [7, 11) is 0. The number of ether oxygens (including phenoxy) is 6. The Hall–Kier alpha value is -1.18. The van der Waals surface area contributed by atoms with E-state index in [1.54, 1.807) is 0 Å². The average Bonchev–Trinajstić information content (AvgIpc) is 3.51. The minimum Gasteiger partial charge on any atom is -0.377 e. The summed E-state index contributed by atoms with van der Waals surface area (Å²) in [5.41, 5.74) is 1.30. The molecule has 10 nitrogen and oxygen atoms in total. The second-order valence-corrected chi connectivity index (χ2v) is 18.4. The molecule has 8 saturated heterocycles. The number of hydrogen-bond acceptors (Lipinski definition) is 10. The van der Waals surface area contributed by atoms with Gasteiger partial charge in [0.25, 0.3) is 0 Å². The summed E-state index contributed by atoms with van der Waals surface area (Å²) in [5.74, 6) is 1.81. The Morgan fingerprint density at radius 1 is 0.558 bits per heavy atom. The molecule has 11 rings (SSSR count). The third-order valence-electron chi connectivity index (χ3n) is 15.2. The largest absolute Gasteiger partial charge is 0.377 e. The second kappa shape index (κ2) is 13.8. The van der Waals surface area contributed by atoms with Crippen molar-refractivity contribution in [2.75, 3.05) is 13.2 Å². The smallest absolute Gasteiger partial charge is 0.201 e. The number of benzene rings is 1. The SMILES string of the molecule is C[C@H]1[C@@H](CCOCc2ccc(COCC[C@H]3O[C@@H]4O[C@]5(C)CC[C@H]6[C@H](C)CC[C@@H]([C@H]3C)[C@@]46OO5)cc2)O[C@@H]2O[C@]3(C)CC[C@H]4[C@H](C)CC[C@@H]1[C@@]24OO3. The molecule has 290 valence electrons. The molecule has 0 radical (unpaired) electrons. The van der Waals surface area contributed by atoms with Gasteiger partial charge in [-0.2, -0.15) is 0 Å². The van der Waals surface area contributed by atoms with Crippen LogP contribution in [0.15, 0.2) is 24.3 Å². The van der Waals surface area contributed by atoms with E-state index in [0.29, 0.717) is 73.8 Å². The minimum atomic E-state index is -0.741. The predicted molar refractivity (Wildman–Crippen MR) is 189 cm³/mol. The van der Waals surface area contributed by atoms with Gasteiger partial charge in [-0.25, -0.2) is 19.6 Å². The van der Waals surface area contributed by atoms with Gasteiger partial charge in [-0.1, -0.05) is 52.0 Å². The van der Waals surface area contributed by atoms with Crippen molar-refractivity contribution < 1.29 is 48.0 Å². The summed E-state index contributed by atoms with van der Waals surface area (Å²) >= 11 is 0. The predicted octanol–water partition coefficient (Wildman–Crippen LogP) is 8.00. The van der Waals surface area contributed by atoms with Crippen LogP contribution in [-0.2, 0) is 61.2 Å². The molecule has 10 aliphatic rings. The highest BCUT2D eigenvalue weighted by molar-refractivity contribution is 5.21. The van der Waals surface area contributed by atoms with Gasteiger partial charge in [0.15, 0.2) is 23.8 Å². The second-order valence-electron chi connectivity index (χ2n) is 18.4. The maximum absolute atomic E-state index is 6.74. The normalized spacial score (nSPS) is 50.6. The van der Waals surface area contributed by atoms with E-state index in [1.165, 1.54) is 12.8 Å². The zero-order valence-corrected chi connectivity index (χ0v) is 32.2. The van der Waals surface area contributed by atoms with E-state index in [0.717, 1.165) is 62.5 Å².